The summed E-state index contributed by atoms with van der Waals surface area (Å²) in [4.78, 5) is 0. The van der Waals surface area contributed by atoms with Crippen molar-refractivity contribution >= 4 is 0 Å². The molecular weight excluding hydrogens is 208 g/mol. The van der Waals surface area contributed by atoms with Gasteiger partial charge >= 0.3 is 0 Å². The number of hydrogen-bond donors (Lipinski definition) is 4. The third-order valence-corrected chi connectivity index (χ3v) is 1.76. The zero-order chi connectivity index (χ0) is 12.8. The fraction of sp³-hybridized carbons (Fsp3) is 0.667. The van der Waals surface area contributed by atoms with Crippen LogP contribution in [-0.2, 0) is 0 Å². The summed E-state index contributed by atoms with van der Waals surface area (Å²) in [5, 5.41) is 34.2. The van der Waals surface area contributed by atoms with Crippen LogP contribution in [0.2, 0.25) is 0 Å². The van der Waals surface area contributed by atoms with Crippen LogP contribution in [0, 0.1) is 0 Å². The smallest absolute Gasteiger partial charge is 0.103 e. The first-order valence-corrected chi connectivity index (χ1v) is 5.49. The van der Waals surface area contributed by atoms with E-state index in [4.69, 9.17) is 20.4 Å². The summed E-state index contributed by atoms with van der Waals surface area (Å²) in [6.07, 6.45) is 6.90. The maximum Gasteiger partial charge on any atom is 0.103 e. The van der Waals surface area contributed by atoms with Crippen LogP contribution in [0.5, 0.6) is 0 Å². The van der Waals surface area contributed by atoms with Crippen molar-refractivity contribution in [3.05, 3.63) is 24.3 Å². The number of aliphatic hydroxyl groups excluding tert-OH is 4. The minimum Gasteiger partial charge on any atom is -0.394 e. The van der Waals surface area contributed by atoms with Crippen molar-refractivity contribution in [1.29, 1.82) is 0 Å². The summed E-state index contributed by atoms with van der Waals surface area (Å²) in [6, 6.07) is 0. The number of aliphatic hydroxyl groups is 4. The van der Waals surface area contributed by atoms with E-state index in [1.165, 1.54) is 0 Å². The summed E-state index contributed by atoms with van der Waals surface area (Å²) in [6.45, 7) is 3.61. The highest BCUT2D eigenvalue weighted by atomic mass is 16.4. The summed E-state index contributed by atoms with van der Waals surface area (Å²) < 4.78 is 0. The van der Waals surface area contributed by atoms with E-state index in [0.29, 0.717) is 6.42 Å². The average Bonchev–Trinajstić information content (AvgIpc) is 2.30. The minimum atomic E-state index is -0.968. The molecule has 0 radical (unpaired) electrons. The molecule has 0 bridgehead atoms. The molecule has 96 valence electrons. The van der Waals surface area contributed by atoms with Crippen LogP contribution in [-0.4, -0.2) is 45.8 Å². The lowest BCUT2D eigenvalue weighted by Crippen LogP contribution is -2.28. The van der Waals surface area contributed by atoms with Crippen LogP contribution in [0.1, 0.15) is 26.7 Å². The number of allylic oxidation sites excluding steroid dienone is 3. The molecule has 4 heteroatoms. The molecule has 4 nitrogen and oxygen atoms in total. The first-order chi connectivity index (χ1) is 7.63. The predicted octanol–water partition coefficient (Wildman–Crippen LogP) is 0.612. The maximum atomic E-state index is 8.91. The Morgan fingerprint density at radius 1 is 1.06 bits per heavy atom. The highest BCUT2D eigenvalue weighted by Crippen LogP contribution is 2.00. The Kier molecular flexibility index (Phi) is 15.8. The molecule has 2 atom stereocenters. The lowest BCUT2D eigenvalue weighted by molar-refractivity contribution is -0.0177. The Morgan fingerprint density at radius 2 is 1.69 bits per heavy atom. The van der Waals surface area contributed by atoms with Crippen molar-refractivity contribution in [3.63, 3.8) is 0 Å². The molecule has 0 spiro atoms. The quantitative estimate of drug-likeness (QED) is 0.506. The maximum absolute atomic E-state index is 8.91. The molecule has 0 amide bonds. The molecule has 0 saturated carbocycles. The van der Waals surface area contributed by atoms with Gasteiger partial charge in [0.05, 0.1) is 19.3 Å². The lowest BCUT2D eigenvalue weighted by atomic mass is 10.1. The molecule has 0 aromatic heterocycles. The molecule has 0 aliphatic carbocycles. The molecule has 0 aliphatic heterocycles. The van der Waals surface area contributed by atoms with Gasteiger partial charge in [-0.25, -0.2) is 0 Å². The van der Waals surface area contributed by atoms with Gasteiger partial charge in [0.25, 0.3) is 0 Å². The van der Waals surface area contributed by atoms with Crippen molar-refractivity contribution in [2.45, 2.75) is 38.9 Å². The number of hydrogen-bond acceptors (Lipinski definition) is 4. The molecule has 4 N–H and O–H groups in total. The van der Waals surface area contributed by atoms with Crippen LogP contribution in [0.4, 0.5) is 0 Å². The van der Waals surface area contributed by atoms with Crippen LogP contribution in [0.25, 0.3) is 0 Å². The van der Waals surface area contributed by atoms with E-state index in [1.807, 2.05) is 26.0 Å². The van der Waals surface area contributed by atoms with Gasteiger partial charge in [0.1, 0.15) is 6.10 Å². The summed E-state index contributed by atoms with van der Waals surface area (Å²) >= 11 is 0. The van der Waals surface area contributed by atoms with Gasteiger partial charge in [-0.3, -0.25) is 0 Å². The van der Waals surface area contributed by atoms with Crippen molar-refractivity contribution in [2.75, 3.05) is 13.2 Å². The Hall–Kier alpha value is -0.680. The van der Waals surface area contributed by atoms with E-state index < -0.39 is 12.2 Å². The predicted molar refractivity (Wildman–Crippen MR) is 65.0 cm³/mol. The van der Waals surface area contributed by atoms with Crippen LogP contribution < -0.4 is 0 Å². The molecule has 2 unspecified atom stereocenters. The fourth-order valence-corrected chi connectivity index (χ4v) is 0.860. The summed E-state index contributed by atoms with van der Waals surface area (Å²) in [7, 11) is 0. The van der Waals surface area contributed by atoms with E-state index in [2.05, 4.69) is 0 Å². The second kappa shape index (κ2) is 14.3. The van der Waals surface area contributed by atoms with E-state index in [9.17, 15) is 0 Å². The van der Waals surface area contributed by atoms with Gasteiger partial charge in [-0.05, 0) is 13.3 Å². The molecule has 0 heterocycles. The van der Waals surface area contributed by atoms with Gasteiger partial charge in [-0.15, -0.1) is 0 Å². The van der Waals surface area contributed by atoms with Gasteiger partial charge in [0.15, 0.2) is 0 Å². The van der Waals surface area contributed by atoms with Crippen LogP contribution >= 0.6 is 0 Å². The normalized spacial score (nSPS) is 14.9. The third-order valence-electron chi connectivity index (χ3n) is 1.76. The molecule has 0 saturated heterocycles. The second-order valence-electron chi connectivity index (χ2n) is 3.24. The van der Waals surface area contributed by atoms with Crippen LogP contribution in [0.3, 0.4) is 0 Å². The first kappa shape index (κ1) is 17.7. The van der Waals surface area contributed by atoms with E-state index in [-0.39, 0.29) is 13.2 Å². The lowest BCUT2D eigenvalue weighted by Gasteiger charge is -2.13. The molecule has 0 rings (SSSR count). The molecule has 0 aromatic rings. The molecule has 16 heavy (non-hydrogen) atoms. The fourth-order valence-electron chi connectivity index (χ4n) is 0.860. The monoisotopic (exact) mass is 232 g/mol. The van der Waals surface area contributed by atoms with Gasteiger partial charge in [0, 0.05) is 0 Å². The Balaban J connectivity index is 0. The molecular formula is C12H24O4. The second-order valence-corrected chi connectivity index (χ2v) is 3.24. The summed E-state index contributed by atoms with van der Waals surface area (Å²) in [5.74, 6) is 0. The number of rotatable bonds is 6. The van der Waals surface area contributed by atoms with Gasteiger partial charge in [-0.1, -0.05) is 37.6 Å². The average molecular weight is 232 g/mol. The highest BCUT2D eigenvalue weighted by Gasteiger charge is 2.12. The zero-order valence-electron chi connectivity index (χ0n) is 10.1. The Morgan fingerprint density at radius 3 is 2.06 bits per heavy atom. The van der Waals surface area contributed by atoms with E-state index in [1.54, 1.807) is 12.2 Å². The van der Waals surface area contributed by atoms with Gasteiger partial charge in [-0.2, -0.15) is 0 Å². The zero-order valence-corrected chi connectivity index (χ0v) is 10.1. The third kappa shape index (κ3) is 13.3. The highest BCUT2D eigenvalue weighted by molar-refractivity contribution is 5.00. The molecule has 0 aromatic carbocycles. The first-order valence-electron chi connectivity index (χ1n) is 5.49. The van der Waals surface area contributed by atoms with Crippen molar-refractivity contribution in [1.82, 2.24) is 0 Å². The Bertz CT molecular complexity index is 178. The van der Waals surface area contributed by atoms with Crippen LogP contribution in [0.15, 0.2) is 24.3 Å². The molecule has 0 fully saturated rings. The SMILES string of the molecule is C/C=C/C=C/CO.CCCC(O)C(O)CO. The standard InChI is InChI=1S/C6H14O3.C6H10O/c1-2-3-5(8)6(9)4-7;1-2-3-4-5-6-7/h5-9H,2-4H2,1H3;2-5,7H,6H2,1H3/b;3-2+,5-4+. The Labute approximate surface area is 97.6 Å². The minimum absolute atomic E-state index is 0.129. The largest absolute Gasteiger partial charge is 0.394 e. The van der Waals surface area contributed by atoms with Gasteiger partial charge < -0.3 is 20.4 Å². The summed E-state index contributed by atoms with van der Waals surface area (Å²) in [5.41, 5.74) is 0. The topological polar surface area (TPSA) is 80.9 Å². The van der Waals surface area contributed by atoms with E-state index in [0.717, 1.165) is 6.42 Å². The molecule has 0 aliphatic rings. The van der Waals surface area contributed by atoms with Gasteiger partial charge in [0.2, 0.25) is 0 Å². The van der Waals surface area contributed by atoms with Crippen molar-refractivity contribution in [2.24, 2.45) is 0 Å². The van der Waals surface area contributed by atoms with E-state index >= 15 is 0 Å². The van der Waals surface area contributed by atoms with Crippen molar-refractivity contribution in [3.8, 4) is 0 Å². The van der Waals surface area contributed by atoms with Crippen molar-refractivity contribution < 1.29 is 20.4 Å².